The molecule has 5 heteroatoms. The molecule has 1 aliphatic heterocycles. The quantitative estimate of drug-likeness (QED) is 0.789. The number of amidine groups is 1. The Balaban J connectivity index is 1.69. The van der Waals surface area contributed by atoms with E-state index in [1.165, 1.54) is 0 Å². The number of aryl methyl sites for hydroxylation is 1. The van der Waals surface area contributed by atoms with Crippen LogP contribution in [0, 0.1) is 0 Å². The van der Waals surface area contributed by atoms with E-state index < -0.39 is 0 Å². The molecule has 0 aromatic heterocycles. The molecular formula is C20H19ClN2O2. The summed E-state index contributed by atoms with van der Waals surface area (Å²) in [6, 6.07) is 15.3. The lowest BCUT2D eigenvalue weighted by molar-refractivity contribution is -0.115. The molecule has 0 aliphatic carbocycles. The molecule has 1 amide bonds. The van der Waals surface area contributed by atoms with Crippen molar-refractivity contribution in [3.05, 3.63) is 70.4 Å². The SMILES string of the molecule is CCOc1cccc(/C=C2/N=C(CCc3ccc(Cl)cc3)NC2=O)c1. The number of hydrogen-bond acceptors (Lipinski definition) is 3. The van der Waals surface area contributed by atoms with Gasteiger partial charge in [0, 0.05) is 11.4 Å². The zero-order chi connectivity index (χ0) is 17.6. The van der Waals surface area contributed by atoms with Crippen molar-refractivity contribution in [3.8, 4) is 5.75 Å². The van der Waals surface area contributed by atoms with E-state index >= 15 is 0 Å². The number of aliphatic imine (C=N–C) groups is 1. The highest BCUT2D eigenvalue weighted by atomic mass is 35.5. The van der Waals surface area contributed by atoms with E-state index in [-0.39, 0.29) is 5.91 Å². The topological polar surface area (TPSA) is 50.7 Å². The van der Waals surface area contributed by atoms with Gasteiger partial charge in [0.15, 0.2) is 0 Å². The van der Waals surface area contributed by atoms with E-state index in [1.54, 1.807) is 6.08 Å². The number of ether oxygens (including phenoxy) is 1. The van der Waals surface area contributed by atoms with E-state index in [4.69, 9.17) is 16.3 Å². The Labute approximate surface area is 152 Å². The van der Waals surface area contributed by atoms with Gasteiger partial charge in [-0.15, -0.1) is 0 Å². The van der Waals surface area contributed by atoms with Gasteiger partial charge in [-0.25, -0.2) is 4.99 Å². The van der Waals surface area contributed by atoms with E-state index in [1.807, 2.05) is 55.5 Å². The molecule has 0 fully saturated rings. The van der Waals surface area contributed by atoms with Crippen molar-refractivity contribution in [2.45, 2.75) is 19.8 Å². The first kappa shape index (κ1) is 17.2. The summed E-state index contributed by atoms with van der Waals surface area (Å²) in [7, 11) is 0. The van der Waals surface area contributed by atoms with Gasteiger partial charge in [-0.1, -0.05) is 35.9 Å². The third kappa shape index (κ3) is 4.70. The Morgan fingerprint density at radius 1 is 1.16 bits per heavy atom. The minimum Gasteiger partial charge on any atom is -0.494 e. The van der Waals surface area contributed by atoms with Crippen LogP contribution in [0.25, 0.3) is 6.08 Å². The number of hydrogen-bond donors (Lipinski definition) is 1. The van der Waals surface area contributed by atoms with E-state index in [9.17, 15) is 4.79 Å². The maximum absolute atomic E-state index is 12.1. The molecular weight excluding hydrogens is 336 g/mol. The molecule has 1 N–H and O–H groups in total. The summed E-state index contributed by atoms with van der Waals surface area (Å²) in [5.41, 5.74) is 2.46. The van der Waals surface area contributed by atoms with Crippen LogP contribution in [-0.2, 0) is 11.2 Å². The largest absolute Gasteiger partial charge is 0.494 e. The third-order valence-electron chi connectivity index (χ3n) is 3.78. The molecule has 0 radical (unpaired) electrons. The van der Waals surface area contributed by atoms with Crippen molar-refractivity contribution in [2.24, 2.45) is 4.99 Å². The van der Waals surface area contributed by atoms with Gasteiger partial charge in [0.2, 0.25) is 0 Å². The highest BCUT2D eigenvalue weighted by Gasteiger charge is 2.19. The third-order valence-corrected chi connectivity index (χ3v) is 4.03. The number of carbonyl (C=O) groups excluding carboxylic acids is 1. The molecule has 0 saturated heterocycles. The van der Waals surface area contributed by atoms with Gasteiger partial charge in [-0.3, -0.25) is 4.79 Å². The summed E-state index contributed by atoms with van der Waals surface area (Å²) in [5, 5.41) is 3.55. The van der Waals surface area contributed by atoms with Crippen LogP contribution in [0.3, 0.4) is 0 Å². The molecule has 0 spiro atoms. The van der Waals surface area contributed by atoms with Crippen molar-refractivity contribution in [2.75, 3.05) is 6.61 Å². The average molecular weight is 355 g/mol. The molecule has 0 saturated carbocycles. The van der Waals surface area contributed by atoms with Crippen molar-refractivity contribution >= 4 is 29.4 Å². The second-order valence-corrected chi connectivity index (χ2v) is 6.11. The molecule has 1 heterocycles. The van der Waals surface area contributed by atoms with Gasteiger partial charge in [-0.05, 0) is 54.8 Å². The first-order chi connectivity index (χ1) is 12.1. The first-order valence-electron chi connectivity index (χ1n) is 8.22. The van der Waals surface area contributed by atoms with Gasteiger partial charge < -0.3 is 10.1 Å². The molecule has 25 heavy (non-hydrogen) atoms. The molecule has 1 aliphatic rings. The number of halogens is 1. The second-order valence-electron chi connectivity index (χ2n) is 5.67. The Morgan fingerprint density at radius 3 is 2.72 bits per heavy atom. The lowest BCUT2D eigenvalue weighted by Crippen LogP contribution is -2.24. The minimum atomic E-state index is -0.173. The zero-order valence-corrected chi connectivity index (χ0v) is 14.7. The maximum atomic E-state index is 12.1. The standard InChI is InChI=1S/C20H19ClN2O2/c1-2-25-17-5-3-4-15(12-17)13-18-20(24)23-19(22-18)11-8-14-6-9-16(21)10-7-14/h3-7,9-10,12-13H,2,8,11H2,1H3,(H,22,23,24)/b18-13+. The summed E-state index contributed by atoms with van der Waals surface area (Å²) in [6.07, 6.45) is 3.24. The van der Waals surface area contributed by atoms with Crippen LogP contribution in [0.1, 0.15) is 24.5 Å². The minimum absolute atomic E-state index is 0.173. The lowest BCUT2D eigenvalue weighted by Gasteiger charge is -2.03. The number of rotatable bonds is 6. The average Bonchev–Trinajstić information content (AvgIpc) is 2.95. The Kier molecular flexibility index (Phi) is 5.51. The summed E-state index contributed by atoms with van der Waals surface area (Å²) >= 11 is 5.89. The Morgan fingerprint density at radius 2 is 1.96 bits per heavy atom. The highest BCUT2D eigenvalue weighted by molar-refractivity contribution is 6.30. The number of benzene rings is 2. The molecule has 3 rings (SSSR count). The smallest absolute Gasteiger partial charge is 0.275 e. The van der Waals surface area contributed by atoms with Gasteiger partial charge in [0.1, 0.15) is 17.3 Å². The van der Waals surface area contributed by atoms with Crippen molar-refractivity contribution in [1.29, 1.82) is 0 Å². The summed E-state index contributed by atoms with van der Waals surface area (Å²) < 4.78 is 5.48. The van der Waals surface area contributed by atoms with E-state index in [0.29, 0.717) is 24.6 Å². The van der Waals surface area contributed by atoms with E-state index in [2.05, 4.69) is 10.3 Å². The number of nitrogens with zero attached hydrogens (tertiary/aromatic N) is 1. The second kappa shape index (κ2) is 7.99. The Bertz CT molecular complexity index is 826. The van der Waals surface area contributed by atoms with Crippen LogP contribution in [0.5, 0.6) is 5.75 Å². The first-order valence-corrected chi connectivity index (χ1v) is 8.60. The van der Waals surface area contributed by atoms with Gasteiger partial charge in [-0.2, -0.15) is 0 Å². The van der Waals surface area contributed by atoms with Crippen molar-refractivity contribution in [3.63, 3.8) is 0 Å². The summed E-state index contributed by atoms with van der Waals surface area (Å²) in [5.74, 6) is 1.29. The molecule has 0 atom stereocenters. The van der Waals surface area contributed by atoms with Crippen LogP contribution >= 0.6 is 11.6 Å². The van der Waals surface area contributed by atoms with Crippen molar-refractivity contribution in [1.82, 2.24) is 5.32 Å². The van der Waals surface area contributed by atoms with Crippen LogP contribution < -0.4 is 10.1 Å². The number of amides is 1. The molecule has 4 nitrogen and oxygen atoms in total. The number of carbonyl (C=O) groups is 1. The number of nitrogens with one attached hydrogen (secondary N) is 1. The van der Waals surface area contributed by atoms with Gasteiger partial charge in [0.05, 0.1) is 6.61 Å². The fraction of sp³-hybridized carbons (Fsp3) is 0.200. The van der Waals surface area contributed by atoms with Gasteiger partial charge in [0.25, 0.3) is 5.91 Å². The Hall–Kier alpha value is -2.59. The highest BCUT2D eigenvalue weighted by Crippen LogP contribution is 2.19. The van der Waals surface area contributed by atoms with Crippen LogP contribution in [0.15, 0.2) is 59.2 Å². The van der Waals surface area contributed by atoms with Crippen LogP contribution in [-0.4, -0.2) is 18.3 Å². The van der Waals surface area contributed by atoms with Gasteiger partial charge >= 0.3 is 0 Å². The fourth-order valence-electron chi connectivity index (χ4n) is 2.57. The molecule has 0 unspecified atom stereocenters. The molecule has 128 valence electrons. The molecule has 2 aromatic carbocycles. The normalized spacial score (nSPS) is 15.2. The zero-order valence-electron chi connectivity index (χ0n) is 14.0. The monoisotopic (exact) mass is 354 g/mol. The predicted molar refractivity (Wildman–Crippen MR) is 101 cm³/mol. The summed E-state index contributed by atoms with van der Waals surface area (Å²) in [4.78, 5) is 16.5. The molecule has 0 bridgehead atoms. The van der Waals surface area contributed by atoms with E-state index in [0.717, 1.165) is 28.3 Å². The van der Waals surface area contributed by atoms with Crippen LogP contribution in [0.4, 0.5) is 0 Å². The van der Waals surface area contributed by atoms with Crippen LogP contribution in [0.2, 0.25) is 5.02 Å². The molecule has 2 aromatic rings. The maximum Gasteiger partial charge on any atom is 0.275 e. The predicted octanol–water partition coefficient (Wildman–Crippen LogP) is 4.24. The summed E-state index contributed by atoms with van der Waals surface area (Å²) in [6.45, 7) is 2.54. The lowest BCUT2D eigenvalue weighted by atomic mass is 10.1. The van der Waals surface area contributed by atoms with Crippen molar-refractivity contribution < 1.29 is 9.53 Å². The fourth-order valence-corrected chi connectivity index (χ4v) is 2.69.